The zero-order chi connectivity index (χ0) is 13.8. The Labute approximate surface area is 116 Å². The molecule has 1 amide bonds. The number of ether oxygens (including phenoxy) is 1. The first-order chi connectivity index (χ1) is 9.16. The Morgan fingerprint density at radius 3 is 2.58 bits per heavy atom. The fourth-order valence-electron chi connectivity index (χ4n) is 3.64. The molecular weight excluding hydrogens is 240 g/mol. The van der Waals surface area contributed by atoms with Crippen LogP contribution in [-0.2, 0) is 9.53 Å². The van der Waals surface area contributed by atoms with Gasteiger partial charge in [-0.1, -0.05) is 19.8 Å². The minimum atomic E-state index is -0.345. The molecule has 0 spiro atoms. The molecule has 4 nitrogen and oxygen atoms in total. The molecule has 2 N–H and O–H groups in total. The van der Waals surface area contributed by atoms with E-state index in [1.165, 1.54) is 32.1 Å². The fourth-order valence-corrected chi connectivity index (χ4v) is 3.64. The molecule has 0 bridgehead atoms. The van der Waals surface area contributed by atoms with Crippen molar-refractivity contribution >= 4 is 5.91 Å². The monoisotopic (exact) mass is 268 g/mol. The summed E-state index contributed by atoms with van der Waals surface area (Å²) in [4.78, 5) is 12.5. The summed E-state index contributed by atoms with van der Waals surface area (Å²) in [6.45, 7) is 5.26. The molecule has 19 heavy (non-hydrogen) atoms. The Morgan fingerprint density at radius 1 is 1.32 bits per heavy atom. The average Bonchev–Trinajstić information content (AvgIpc) is 3.07. The number of rotatable bonds is 6. The molecule has 1 unspecified atom stereocenters. The number of hydrogen-bond acceptors (Lipinski definition) is 3. The zero-order valence-corrected chi connectivity index (χ0v) is 12.4. The van der Waals surface area contributed by atoms with Crippen molar-refractivity contribution in [2.45, 2.75) is 45.4 Å². The van der Waals surface area contributed by atoms with Gasteiger partial charge in [-0.2, -0.15) is 0 Å². The predicted molar refractivity (Wildman–Crippen MR) is 76.0 cm³/mol. The summed E-state index contributed by atoms with van der Waals surface area (Å²) in [5, 5.41) is 6.51. The summed E-state index contributed by atoms with van der Waals surface area (Å²) in [7, 11) is 1.68. The topological polar surface area (TPSA) is 50.4 Å². The molecule has 0 aromatic carbocycles. The molecule has 0 radical (unpaired) electrons. The van der Waals surface area contributed by atoms with Crippen LogP contribution in [0.2, 0.25) is 0 Å². The van der Waals surface area contributed by atoms with Gasteiger partial charge in [0.25, 0.3) is 0 Å². The molecule has 0 aromatic rings. The van der Waals surface area contributed by atoms with Gasteiger partial charge in [0.15, 0.2) is 0 Å². The van der Waals surface area contributed by atoms with Gasteiger partial charge in [0.05, 0.1) is 12.0 Å². The van der Waals surface area contributed by atoms with Crippen LogP contribution >= 0.6 is 0 Å². The van der Waals surface area contributed by atoms with Crippen LogP contribution < -0.4 is 10.6 Å². The lowest BCUT2D eigenvalue weighted by atomic mass is 9.82. The number of hydrogen-bond donors (Lipinski definition) is 2. The largest absolute Gasteiger partial charge is 0.384 e. The normalized spacial score (nSPS) is 29.6. The molecule has 1 atom stereocenters. The smallest absolute Gasteiger partial charge is 0.229 e. The van der Waals surface area contributed by atoms with E-state index in [4.69, 9.17) is 4.74 Å². The second-order valence-electron chi connectivity index (χ2n) is 6.38. The Balaban J connectivity index is 1.92. The predicted octanol–water partition coefficient (Wildman–Crippen LogP) is 1.70. The van der Waals surface area contributed by atoms with Gasteiger partial charge in [-0.25, -0.2) is 0 Å². The van der Waals surface area contributed by atoms with E-state index in [0.717, 1.165) is 26.1 Å². The quantitative estimate of drug-likeness (QED) is 0.771. The molecule has 110 valence electrons. The van der Waals surface area contributed by atoms with E-state index < -0.39 is 0 Å². The lowest BCUT2D eigenvalue weighted by molar-refractivity contribution is -0.133. The Hall–Kier alpha value is -0.610. The van der Waals surface area contributed by atoms with Crippen molar-refractivity contribution in [3.8, 4) is 0 Å². The summed E-state index contributed by atoms with van der Waals surface area (Å²) in [5.41, 5.74) is 0.0121. The van der Waals surface area contributed by atoms with E-state index >= 15 is 0 Å². The van der Waals surface area contributed by atoms with Crippen LogP contribution in [0.1, 0.15) is 45.4 Å². The lowest BCUT2D eigenvalue weighted by Gasteiger charge is -2.31. The first-order valence-corrected chi connectivity index (χ1v) is 7.64. The van der Waals surface area contributed by atoms with Crippen LogP contribution in [0, 0.1) is 10.8 Å². The third kappa shape index (κ3) is 3.11. The van der Waals surface area contributed by atoms with Gasteiger partial charge in [-0.3, -0.25) is 4.79 Å². The minimum Gasteiger partial charge on any atom is -0.384 e. The molecule has 1 saturated carbocycles. The molecule has 1 aliphatic carbocycles. The van der Waals surface area contributed by atoms with E-state index in [1.54, 1.807) is 7.11 Å². The highest BCUT2D eigenvalue weighted by atomic mass is 16.5. The van der Waals surface area contributed by atoms with E-state index in [1.807, 2.05) is 0 Å². The van der Waals surface area contributed by atoms with Crippen molar-refractivity contribution in [1.29, 1.82) is 0 Å². The van der Waals surface area contributed by atoms with E-state index in [2.05, 4.69) is 17.6 Å². The second-order valence-corrected chi connectivity index (χ2v) is 6.38. The maximum atomic E-state index is 12.5. The number of methoxy groups -OCH3 is 1. The Kier molecular flexibility index (Phi) is 4.85. The van der Waals surface area contributed by atoms with Gasteiger partial charge < -0.3 is 15.4 Å². The van der Waals surface area contributed by atoms with Gasteiger partial charge in [0, 0.05) is 20.2 Å². The number of carbonyl (C=O) groups excluding carboxylic acids is 1. The van der Waals surface area contributed by atoms with Gasteiger partial charge in [0.1, 0.15) is 0 Å². The van der Waals surface area contributed by atoms with Crippen LogP contribution in [0.4, 0.5) is 0 Å². The van der Waals surface area contributed by atoms with Gasteiger partial charge >= 0.3 is 0 Å². The number of amides is 1. The molecule has 1 aliphatic heterocycles. The SMILES string of the molecule is CCC1(CNC(=O)C2(COC)CCNC2)CCCC1. The van der Waals surface area contributed by atoms with E-state index in [-0.39, 0.29) is 11.3 Å². The molecule has 2 rings (SSSR count). The highest BCUT2D eigenvalue weighted by Crippen LogP contribution is 2.40. The van der Waals surface area contributed by atoms with Crippen molar-refractivity contribution < 1.29 is 9.53 Å². The molecule has 2 aliphatic rings. The van der Waals surface area contributed by atoms with Crippen molar-refractivity contribution in [3.05, 3.63) is 0 Å². The summed E-state index contributed by atoms with van der Waals surface area (Å²) in [6, 6.07) is 0. The van der Waals surface area contributed by atoms with Crippen LogP contribution in [0.25, 0.3) is 0 Å². The van der Waals surface area contributed by atoms with Gasteiger partial charge in [-0.05, 0) is 37.6 Å². The standard InChI is InChI=1S/C15H28N2O2/c1-3-14(6-4-5-7-14)10-17-13(18)15(12-19-2)8-9-16-11-15/h16H,3-12H2,1-2H3,(H,17,18). The van der Waals surface area contributed by atoms with Crippen molar-refractivity contribution in [1.82, 2.24) is 10.6 Å². The third-order valence-corrected chi connectivity index (χ3v) is 5.18. The maximum absolute atomic E-state index is 12.5. The molecule has 4 heteroatoms. The second kappa shape index (κ2) is 6.23. The van der Waals surface area contributed by atoms with E-state index in [9.17, 15) is 4.79 Å². The summed E-state index contributed by atoms with van der Waals surface area (Å²) in [5.74, 6) is 0.180. The highest BCUT2D eigenvalue weighted by molar-refractivity contribution is 5.83. The first-order valence-electron chi connectivity index (χ1n) is 7.64. The molecular formula is C15H28N2O2. The van der Waals surface area contributed by atoms with Crippen LogP contribution in [0.3, 0.4) is 0 Å². The molecule has 1 saturated heterocycles. The van der Waals surface area contributed by atoms with Gasteiger partial charge in [0.2, 0.25) is 5.91 Å². The summed E-state index contributed by atoms with van der Waals surface area (Å²) in [6.07, 6.45) is 7.20. The third-order valence-electron chi connectivity index (χ3n) is 5.18. The zero-order valence-electron chi connectivity index (χ0n) is 12.4. The Bertz CT molecular complexity index is 305. The Morgan fingerprint density at radius 2 is 2.05 bits per heavy atom. The minimum absolute atomic E-state index is 0.180. The number of nitrogens with one attached hydrogen (secondary N) is 2. The molecule has 2 fully saturated rings. The summed E-state index contributed by atoms with van der Waals surface area (Å²) >= 11 is 0. The van der Waals surface area contributed by atoms with Crippen molar-refractivity contribution in [2.24, 2.45) is 10.8 Å². The lowest BCUT2D eigenvalue weighted by Crippen LogP contribution is -2.48. The fraction of sp³-hybridized carbons (Fsp3) is 0.933. The van der Waals surface area contributed by atoms with Gasteiger partial charge in [-0.15, -0.1) is 0 Å². The molecule has 0 aromatic heterocycles. The average molecular weight is 268 g/mol. The van der Waals surface area contributed by atoms with Crippen molar-refractivity contribution in [2.75, 3.05) is 33.4 Å². The van der Waals surface area contributed by atoms with Crippen LogP contribution in [0.15, 0.2) is 0 Å². The van der Waals surface area contributed by atoms with Crippen LogP contribution in [0.5, 0.6) is 0 Å². The first kappa shape index (κ1) is 14.8. The maximum Gasteiger partial charge on any atom is 0.229 e. The van der Waals surface area contributed by atoms with Crippen molar-refractivity contribution in [3.63, 3.8) is 0 Å². The van der Waals surface area contributed by atoms with Crippen LogP contribution in [-0.4, -0.2) is 39.3 Å². The number of carbonyl (C=O) groups is 1. The summed E-state index contributed by atoms with van der Waals surface area (Å²) < 4.78 is 5.27. The molecule has 1 heterocycles. The van der Waals surface area contributed by atoms with E-state index in [0.29, 0.717) is 12.0 Å². The highest BCUT2D eigenvalue weighted by Gasteiger charge is 2.42.